The highest BCUT2D eigenvalue weighted by Gasteiger charge is 2.28. The Labute approximate surface area is 705 Å². The summed E-state index contributed by atoms with van der Waals surface area (Å²) in [6.45, 7) is 21.8. The molecule has 6 saturated heterocycles. The first kappa shape index (κ1) is 92.7. The summed E-state index contributed by atoms with van der Waals surface area (Å²) in [5.74, 6) is -4.54. The number of nitrogens with one attached hydrogen (secondary N) is 6. The highest BCUT2D eigenvalue weighted by molar-refractivity contribution is 6.43. The third-order valence-electron chi connectivity index (χ3n) is 19.1. The molecule has 113 heavy (non-hydrogen) atoms. The van der Waals surface area contributed by atoms with E-state index >= 15 is 0 Å². The normalized spacial score (nSPS) is 15.4. The number of carbonyl (C=O) groups excluding carboxylic acids is 10. The van der Waals surface area contributed by atoms with E-state index in [1.807, 2.05) is 52.0 Å². The van der Waals surface area contributed by atoms with Crippen molar-refractivity contribution in [1.29, 1.82) is 0 Å². The number of aryl methyl sites for hydroxylation is 3. The molecule has 0 spiro atoms. The van der Waals surface area contributed by atoms with E-state index in [9.17, 15) is 47.9 Å². The molecule has 0 aromatic heterocycles. The van der Waals surface area contributed by atoms with Crippen LogP contribution in [0.3, 0.4) is 0 Å². The largest absolute Gasteiger partial charge is 0.378 e. The number of amides is 10. The van der Waals surface area contributed by atoms with Crippen molar-refractivity contribution < 1.29 is 52.7 Å². The molecule has 12 rings (SSSR count). The van der Waals surface area contributed by atoms with Crippen LogP contribution in [0.25, 0.3) is 0 Å². The maximum absolute atomic E-state index is 12.0. The Hall–Kier alpha value is -7.49. The first-order chi connectivity index (χ1) is 53.8. The summed E-state index contributed by atoms with van der Waals surface area (Å²) < 4.78 is 5.13. The third kappa shape index (κ3) is 30.6. The molecule has 0 unspecified atom stereocenters. The second kappa shape index (κ2) is 46.9. The lowest BCUT2D eigenvalue weighted by molar-refractivity contribution is -0.145. The third-order valence-corrected chi connectivity index (χ3v) is 22.7. The summed E-state index contributed by atoms with van der Waals surface area (Å²) in [4.78, 5) is 130. The van der Waals surface area contributed by atoms with Crippen LogP contribution in [-0.4, -0.2) is 193 Å². The zero-order valence-electron chi connectivity index (χ0n) is 64.2. The van der Waals surface area contributed by atoms with Gasteiger partial charge in [-0.1, -0.05) is 123 Å². The van der Waals surface area contributed by atoms with Gasteiger partial charge in [-0.3, -0.25) is 57.7 Å². The molecule has 6 aliphatic heterocycles. The van der Waals surface area contributed by atoms with E-state index in [0.29, 0.717) is 152 Å². The van der Waals surface area contributed by atoms with E-state index < -0.39 is 47.3 Å². The average Bonchev–Trinajstić information content (AvgIpc) is 1.05. The molecule has 0 aliphatic carbocycles. The Kier molecular flexibility index (Phi) is 38.5. The van der Waals surface area contributed by atoms with Crippen LogP contribution in [0, 0.1) is 41.5 Å². The van der Waals surface area contributed by atoms with Crippen LogP contribution in [0.4, 0.5) is 34.1 Å². The summed E-state index contributed by atoms with van der Waals surface area (Å²) in [5.41, 5.74) is 8.53. The van der Waals surface area contributed by atoms with Crippen molar-refractivity contribution in [3.05, 3.63) is 170 Å². The van der Waals surface area contributed by atoms with E-state index in [4.69, 9.17) is 109 Å². The molecular formula is C81H97Cl9N12O11. The number of hydrogen-bond acceptors (Lipinski definition) is 13. The zero-order chi connectivity index (χ0) is 82.4. The van der Waals surface area contributed by atoms with Crippen molar-refractivity contribution in [3.63, 3.8) is 0 Å². The van der Waals surface area contributed by atoms with Crippen molar-refractivity contribution in [2.75, 3.05) is 137 Å². The van der Waals surface area contributed by atoms with Crippen LogP contribution in [0.2, 0.25) is 45.2 Å². The maximum atomic E-state index is 12.0. The summed E-state index contributed by atoms with van der Waals surface area (Å²) in [7, 11) is 0. The predicted octanol–water partition coefficient (Wildman–Crippen LogP) is 16.6. The number of morpholine rings is 1. The van der Waals surface area contributed by atoms with Gasteiger partial charge in [0.2, 0.25) is 11.8 Å². The Balaban J connectivity index is 0.000000188. The van der Waals surface area contributed by atoms with Gasteiger partial charge in [0.15, 0.2) is 0 Å². The maximum Gasteiger partial charge on any atom is 0.313 e. The molecule has 6 aliphatic rings. The quantitative estimate of drug-likeness (QED) is 0.0697. The fraction of sp³-hybridized carbons (Fsp3) is 0.432. The number of carbonyl (C=O) groups is 10. The van der Waals surface area contributed by atoms with Crippen LogP contribution < -0.4 is 31.9 Å². The second-order valence-corrected chi connectivity index (χ2v) is 31.6. The molecule has 6 N–H and O–H groups in total. The summed E-state index contributed by atoms with van der Waals surface area (Å²) >= 11 is 54.0. The van der Waals surface area contributed by atoms with Crippen molar-refractivity contribution >= 4 is 198 Å². The summed E-state index contributed by atoms with van der Waals surface area (Å²) in [6.07, 6.45) is 13.9. The first-order valence-corrected chi connectivity index (χ1v) is 40.9. The van der Waals surface area contributed by atoms with Gasteiger partial charge in [0.1, 0.15) is 0 Å². The number of benzene rings is 6. The van der Waals surface area contributed by atoms with E-state index in [1.54, 1.807) is 95.3 Å². The smallest absolute Gasteiger partial charge is 0.313 e. The molecule has 0 radical (unpaired) electrons. The van der Waals surface area contributed by atoms with Gasteiger partial charge in [0, 0.05) is 132 Å². The van der Waals surface area contributed by atoms with Gasteiger partial charge in [0.05, 0.1) is 26.3 Å². The van der Waals surface area contributed by atoms with Gasteiger partial charge in [-0.25, -0.2) is 0 Å². The minimum Gasteiger partial charge on any atom is -0.378 e. The fourth-order valence-electron chi connectivity index (χ4n) is 12.2. The standard InChI is InChI=1S/C14H16Cl2N2O2.2C14H17ClN2O2.C13H14Cl2N2O3.C13H16Cl2N2O.C13H17ClN2O/c1-9-11(15)7-10(8-12(9)16)17-13(19)14(20)18-5-3-2-4-6-18;2*1-10-5-6-11(9-12(10)15)16-13(18)14(19)17-7-3-2-4-8-17;1-8-10(14)6-9(7-11(8)15)16-12(18)13(19)17-2-4-20-5-3-17;1-9-11(14)6-10(7-12(9)15)16-13(18)8-17-4-2-3-5-17;1-10-4-5-11(8-12(10)14)15-13(17)9-16-6-2-3-7-16/h7-8H,2-6H2,1H3,(H,17,19);2*5-6,9H,2-4,7-8H2,1H3,(H,16,18);6-7H,2-5H2,1H3,(H,16,18);6-7H,2-5,8H2,1H3,(H,16,18);4-5,8H,2-3,6-7,9H2,1H3,(H,15,17). The lowest BCUT2D eigenvalue weighted by atomic mass is 10.1. The zero-order valence-corrected chi connectivity index (χ0v) is 71.0. The number of nitrogens with zero attached hydrogens (tertiary/aromatic N) is 6. The van der Waals surface area contributed by atoms with Gasteiger partial charge in [-0.15, -0.1) is 0 Å². The lowest BCUT2D eigenvalue weighted by Crippen LogP contribution is -2.45. The number of likely N-dealkylation sites (tertiary alicyclic amines) is 5. The second-order valence-electron chi connectivity index (χ2n) is 27.9. The summed E-state index contributed by atoms with van der Waals surface area (Å²) in [5, 5.41) is 20.7. The van der Waals surface area contributed by atoms with Crippen LogP contribution in [0.5, 0.6) is 0 Å². The van der Waals surface area contributed by atoms with E-state index in [0.717, 1.165) is 123 Å². The Morgan fingerprint density at radius 2 is 0.487 bits per heavy atom. The molecule has 0 saturated carbocycles. The topological polar surface area (TPSA) is 272 Å². The van der Waals surface area contributed by atoms with Gasteiger partial charge in [-0.05, 0) is 257 Å². The van der Waals surface area contributed by atoms with E-state index in [-0.39, 0.29) is 11.8 Å². The van der Waals surface area contributed by atoms with Crippen LogP contribution in [0.15, 0.2) is 91.0 Å². The Morgan fingerprint density at radius 1 is 0.274 bits per heavy atom. The van der Waals surface area contributed by atoms with Crippen molar-refractivity contribution in [3.8, 4) is 0 Å². The molecular weight excluding hydrogens is 1640 g/mol. The van der Waals surface area contributed by atoms with E-state index in [2.05, 4.69) is 41.7 Å². The number of ether oxygens (including phenoxy) is 1. The number of anilines is 6. The van der Waals surface area contributed by atoms with Crippen LogP contribution in [0.1, 0.15) is 117 Å². The number of piperidine rings is 3. The summed E-state index contributed by atoms with van der Waals surface area (Å²) in [6, 6.07) is 25.7. The van der Waals surface area contributed by atoms with Crippen molar-refractivity contribution in [1.82, 2.24) is 29.4 Å². The molecule has 610 valence electrons. The molecule has 6 fully saturated rings. The van der Waals surface area contributed by atoms with Gasteiger partial charge in [0.25, 0.3) is 0 Å². The van der Waals surface area contributed by atoms with Crippen LogP contribution >= 0.6 is 104 Å². The lowest BCUT2D eigenvalue weighted by Gasteiger charge is -2.26. The molecule has 6 heterocycles. The molecule has 32 heteroatoms. The monoisotopic (exact) mass is 1730 g/mol. The Bertz CT molecular complexity index is 4090. The average molecular weight is 1730 g/mol. The first-order valence-electron chi connectivity index (χ1n) is 37.5. The van der Waals surface area contributed by atoms with Crippen molar-refractivity contribution in [2.45, 2.75) is 125 Å². The van der Waals surface area contributed by atoms with Gasteiger partial charge >= 0.3 is 47.3 Å². The van der Waals surface area contributed by atoms with E-state index in [1.165, 1.54) is 30.6 Å². The molecule has 0 atom stereocenters. The molecule has 6 aromatic carbocycles. The predicted molar refractivity (Wildman–Crippen MR) is 454 cm³/mol. The fourth-order valence-corrected chi connectivity index (χ4v) is 14.2. The molecule has 23 nitrogen and oxygen atoms in total. The highest BCUT2D eigenvalue weighted by Crippen LogP contribution is 2.32. The molecule has 0 bridgehead atoms. The van der Waals surface area contributed by atoms with Crippen molar-refractivity contribution in [2.24, 2.45) is 0 Å². The number of halogens is 9. The molecule has 6 aromatic rings. The Morgan fingerprint density at radius 3 is 0.752 bits per heavy atom. The minimum atomic E-state index is -0.706. The van der Waals surface area contributed by atoms with Crippen LogP contribution in [-0.2, 0) is 52.7 Å². The van der Waals surface area contributed by atoms with Gasteiger partial charge in [-0.2, -0.15) is 0 Å². The van der Waals surface area contributed by atoms with Gasteiger partial charge < -0.3 is 56.2 Å². The number of rotatable bonds is 10. The SMILES string of the molecule is Cc1c(Cl)cc(NC(=O)C(=O)N2CCCCC2)cc1Cl.Cc1c(Cl)cc(NC(=O)C(=O)N2CCOCC2)cc1Cl.Cc1c(Cl)cc(NC(=O)CN2CCCC2)cc1Cl.Cc1ccc(NC(=O)C(=O)N2CCCCC2)cc1Cl.Cc1ccc(NC(=O)C(=O)N2CCCCC2)cc1Cl.Cc1ccc(NC(=O)CN2CCCC2)cc1Cl. The number of hydrogen-bond donors (Lipinski definition) is 6. The highest BCUT2D eigenvalue weighted by atomic mass is 35.5. The minimum absolute atomic E-state index is 0.0205. The molecule has 10 amide bonds.